The van der Waals surface area contributed by atoms with Gasteiger partial charge in [-0.25, -0.2) is 0 Å². The third kappa shape index (κ3) is 3.04. The van der Waals surface area contributed by atoms with Crippen molar-refractivity contribution in [2.24, 2.45) is 0 Å². The highest BCUT2D eigenvalue weighted by Crippen LogP contribution is 2.35. The van der Waals surface area contributed by atoms with E-state index >= 15 is 0 Å². The van der Waals surface area contributed by atoms with Crippen molar-refractivity contribution >= 4 is 5.97 Å². The molecule has 0 aromatic carbocycles. The zero-order valence-electron chi connectivity index (χ0n) is 11.9. The normalized spacial score (nSPS) is 32.6. The van der Waals surface area contributed by atoms with Gasteiger partial charge in [0.15, 0.2) is 0 Å². The van der Waals surface area contributed by atoms with Crippen LogP contribution in [0.2, 0.25) is 0 Å². The first-order valence-electron chi connectivity index (χ1n) is 7.19. The Labute approximate surface area is 110 Å². The molecule has 0 aromatic rings. The van der Waals surface area contributed by atoms with Crippen molar-refractivity contribution in [2.75, 3.05) is 20.7 Å². The van der Waals surface area contributed by atoms with Crippen molar-refractivity contribution in [3.8, 4) is 0 Å². The molecule has 0 aromatic heterocycles. The van der Waals surface area contributed by atoms with E-state index < -0.39 is 5.54 Å². The van der Waals surface area contributed by atoms with E-state index in [1.807, 2.05) is 6.92 Å². The Balaban J connectivity index is 2.09. The molecule has 0 amide bonds. The summed E-state index contributed by atoms with van der Waals surface area (Å²) in [6.45, 7) is 2.36. The van der Waals surface area contributed by atoms with Gasteiger partial charge in [0.2, 0.25) is 0 Å². The Morgan fingerprint density at radius 1 is 1.39 bits per heavy atom. The Hall–Kier alpha value is -0.610. The summed E-state index contributed by atoms with van der Waals surface area (Å²) in [5.41, 5.74) is -0.426. The van der Waals surface area contributed by atoms with E-state index in [-0.39, 0.29) is 5.97 Å². The van der Waals surface area contributed by atoms with Gasteiger partial charge < -0.3 is 9.64 Å². The third-order valence-corrected chi connectivity index (χ3v) is 4.18. The Morgan fingerprint density at radius 3 is 2.67 bits per heavy atom. The Bertz CT molecular complexity index is 302. The number of hydrogen-bond acceptors (Lipinski definition) is 4. The standard InChI is InChI=1S/C14H26N2O2/c1-4-18-13(17)14(15-11-7-8-11)9-5-6-12(10-14)16(2)3/h11-12,15H,4-10H2,1-3H3. The van der Waals surface area contributed by atoms with Gasteiger partial charge in [0.05, 0.1) is 6.61 Å². The lowest BCUT2D eigenvalue weighted by Crippen LogP contribution is -2.59. The quantitative estimate of drug-likeness (QED) is 0.756. The van der Waals surface area contributed by atoms with E-state index in [1.54, 1.807) is 0 Å². The van der Waals surface area contributed by atoms with Gasteiger partial charge in [0, 0.05) is 12.1 Å². The molecule has 0 aliphatic heterocycles. The maximum Gasteiger partial charge on any atom is 0.326 e. The Morgan fingerprint density at radius 2 is 2.11 bits per heavy atom. The number of nitrogens with zero attached hydrogens (tertiary/aromatic N) is 1. The molecule has 2 unspecified atom stereocenters. The minimum absolute atomic E-state index is 0.0385. The molecule has 2 aliphatic rings. The van der Waals surface area contributed by atoms with E-state index in [9.17, 15) is 4.79 Å². The highest BCUT2D eigenvalue weighted by atomic mass is 16.5. The third-order valence-electron chi connectivity index (χ3n) is 4.18. The summed E-state index contributed by atoms with van der Waals surface area (Å²) in [6, 6.07) is 1.02. The number of rotatable bonds is 5. The molecule has 18 heavy (non-hydrogen) atoms. The van der Waals surface area contributed by atoms with Gasteiger partial charge in [-0.1, -0.05) is 0 Å². The van der Waals surface area contributed by atoms with Crippen LogP contribution in [0.1, 0.15) is 45.4 Å². The highest BCUT2D eigenvalue weighted by molar-refractivity contribution is 5.81. The molecule has 1 N–H and O–H groups in total. The van der Waals surface area contributed by atoms with Crippen molar-refractivity contribution in [3.05, 3.63) is 0 Å². The molecule has 2 saturated carbocycles. The number of nitrogens with one attached hydrogen (secondary N) is 1. The topological polar surface area (TPSA) is 41.6 Å². The molecular formula is C14H26N2O2. The smallest absolute Gasteiger partial charge is 0.326 e. The molecule has 0 bridgehead atoms. The molecule has 2 atom stereocenters. The maximum atomic E-state index is 12.3. The van der Waals surface area contributed by atoms with Crippen molar-refractivity contribution in [1.29, 1.82) is 0 Å². The zero-order chi connectivity index (χ0) is 13.2. The lowest BCUT2D eigenvalue weighted by atomic mass is 9.78. The molecule has 4 nitrogen and oxygen atoms in total. The van der Waals surface area contributed by atoms with E-state index in [0.717, 1.165) is 19.3 Å². The van der Waals surface area contributed by atoms with Gasteiger partial charge >= 0.3 is 5.97 Å². The monoisotopic (exact) mass is 254 g/mol. The number of carbonyl (C=O) groups is 1. The molecular weight excluding hydrogens is 228 g/mol. The maximum absolute atomic E-state index is 12.3. The highest BCUT2D eigenvalue weighted by Gasteiger charge is 2.47. The predicted molar refractivity (Wildman–Crippen MR) is 71.5 cm³/mol. The summed E-state index contributed by atoms with van der Waals surface area (Å²) >= 11 is 0. The van der Waals surface area contributed by atoms with Crippen LogP contribution in [0.3, 0.4) is 0 Å². The number of esters is 1. The number of carbonyl (C=O) groups excluding carboxylic acids is 1. The van der Waals surface area contributed by atoms with Crippen LogP contribution in [-0.2, 0) is 9.53 Å². The number of hydrogen-bond donors (Lipinski definition) is 1. The summed E-state index contributed by atoms with van der Waals surface area (Å²) in [6.07, 6.45) is 6.49. The largest absolute Gasteiger partial charge is 0.465 e. The van der Waals surface area contributed by atoms with E-state index in [4.69, 9.17) is 4.74 Å². The zero-order valence-corrected chi connectivity index (χ0v) is 11.9. The fourth-order valence-electron chi connectivity index (χ4n) is 2.95. The molecule has 0 spiro atoms. The van der Waals surface area contributed by atoms with Gasteiger partial charge in [-0.3, -0.25) is 10.1 Å². The first kappa shape index (κ1) is 13.8. The summed E-state index contributed by atoms with van der Waals surface area (Å²) in [4.78, 5) is 14.6. The van der Waals surface area contributed by atoms with Gasteiger partial charge in [-0.15, -0.1) is 0 Å². The molecule has 0 saturated heterocycles. The van der Waals surface area contributed by atoms with Crippen LogP contribution in [0.25, 0.3) is 0 Å². The van der Waals surface area contributed by atoms with Crippen LogP contribution in [-0.4, -0.2) is 49.2 Å². The molecule has 104 valence electrons. The van der Waals surface area contributed by atoms with Gasteiger partial charge in [-0.05, 0) is 59.5 Å². The minimum Gasteiger partial charge on any atom is -0.465 e. The van der Waals surface area contributed by atoms with Crippen molar-refractivity contribution in [3.63, 3.8) is 0 Å². The van der Waals surface area contributed by atoms with Crippen LogP contribution in [0.5, 0.6) is 0 Å². The van der Waals surface area contributed by atoms with Crippen molar-refractivity contribution in [2.45, 2.75) is 63.1 Å². The summed E-state index contributed by atoms with van der Waals surface area (Å²) in [7, 11) is 4.20. The molecule has 2 aliphatic carbocycles. The predicted octanol–water partition coefficient (Wildman–Crippen LogP) is 1.54. The van der Waals surface area contributed by atoms with Gasteiger partial charge in [0.25, 0.3) is 0 Å². The molecule has 0 heterocycles. The summed E-state index contributed by atoms with van der Waals surface area (Å²) < 4.78 is 5.32. The fourth-order valence-corrected chi connectivity index (χ4v) is 2.95. The number of ether oxygens (including phenoxy) is 1. The second-order valence-corrected chi connectivity index (χ2v) is 5.93. The van der Waals surface area contributed by atoms with Crippen LogP contribution in [0, 0.1) is 0 Å². The van der Waals surface area contributed by atoms with Crippen molar-refractivity contribution in [1.82, 2.24) is 10.2 Å². The van der Waals surface area contributed by atoms with Crippen LogP contribution < -0.4 is 5.32 Å². The lowest BCUT2D eigenvalue weighted by Gasteiger charge is -2.41. The van der Waals surface area contributed by atoms with Crippen LogP contribution in [0.4, 0.5) is 0 Å². The average Bonchev–Trinajstić information content (AvgIpc) is 3.13. The van der Waals surface area contributed by atoms with Gasteiger partial charge in [-0.2, -0.15) is 0 Å². The van der Waals surface area contributed by atoms with Gasteiger partial charge in [0.1, 0.15) is 5.54 Å². The first-order chi connectivity index (χ1) is 8.57. The first-order valence-corrected chi connectivity index (χ1v) is 7.19. The second kappa shape index (κ2) is 5.57. The van der Waals surface area contributed by atoms with Crippen molar-refractivity contribution < 1.29 is 9.53 Å². The minimum atomic E-state index is -0.426. The van der Waals surface area contributed by atoms with Crippen LogP contribution in [0.15, 0.2) is 0 Å². The molecule has 2 fully saturated rings. The lowest BCUT2D eigenvalue weighted by molar-refractivity contribution is -0.153. The van der Waals surface area contributed by atoms with E-state index in [2.05, 4.69) is 24.3 Å². The molecule has 2 rings (SSSR count). The molecule has 4 heteroatoms. The van der Waals surface area contributed by atoms with E-state index in [1.165, 1.54) is 19.3 Å². The summed E-state index contributed by atoms with van der Waals surface area (Å²) in [5.74, 6) is -0.0385. The fraction of sp³-hybridized carbons (Fsp3) is 0.929. The SMILES string of the molecule is CCOC(=O)C1(NC2CC2)CCCC(N(C)C)C1. The second-order valence-electron chi connectivity index (χ2n) is 5.93. The van der Waals surface area contributed by atoms with Crippen LogP contribution >= 0.6 is 0 Å². The van der Waals surface area contributed by atoms with E-state index in [0.29, 0.717) is 18.7 Å². The Kier molecular flexibility index (Phi) is 4.28. The average molecular weight is 254 g/mol. The summed E-state index contributed by atoms with van der Waals surface area (Å²) in [5, 5.41) is 3.57. The molecule has 0 radical (unpaired) electrons.